The van der Waals surface area contributed by atoms with Gasteiger partial charge in [0.15, 0.2) is 5.60 Å². The van der Waals surface area contributed by atoms with Crippen LogP contribution >= 0.6 is 0 Å². The molecule has 1 unspecified atom stereocenters. The van der Waals surface area contributed by atoms with E-state index in [0.29, 0.717) is 11.3 Å². The van der Waals surface area contributed by atoms with Gasteiger partial charge in [0, 0.05) is 11.1 Å². The first-order valence-electron chi connectivity index (χ1n) is 8.91. The molecular weight excluding hydrogens is 336 g/mol. The van der Waals surface area contributed by atoms with E-state index in [0.717, 1.165) is 33.2 Å². The minimum absolute atomic E-state index is 0.304. The summed E-state index contributed by atoms with van der Waals surface area (Å²) >= 11 is 0. The van der Waals surface area contributed by atoms with Gasteiger partial charge in [-0.25, -0.2) is 4.79 Å². The van der Waals surface area contributed by atoms with E-state index in [9.17, 15) is 4.79 Å². The van der Waals surface area contributed by atoms with Crippen LogP contribution in [0.2, 0.25) is 0 Å². The van der Waals surface area contributed by atoms with Gasteiger partial charge >= 0.3 is 5.97 Å². The third kappa shape index (κ3) is 1.73. The summed E-state index contributed by atoms with van der Waals surface area (Å²) in [6.45, 7) is 0. The van der Waals surface area contributed by atoms with Gasteiger partial charge in [-0.3, -0.25) is 0 Å². The fraction of sp³-hybridized carbons (Fsp3) is 0.0417. The van der Waals surface area contributed by atoms with Crippen molar-refractivity contribution in [1.29, 1.82) is 0 Å². The van der Waals surface area contributed by atoms with Crippen LogP contribution in [0.1, 0.15) is 27.0 Å². The second kappa shape index (κ2) is 4.98. The SMILES string of the molecule is O=C1OC2(c3ccccc3Oc3ccc4ccccc4c32)c2ccccc21. The lowest BCUT2D eigenvalue weighted by atomic mass is 9.76. The third-order valence-electron chi connectivity index (χ3n) is 5.50. The average Bonchev–Trinajstić information content (AvgIpc) is 3.01. The molecule has 3 nitrogen and oxygen atoms in total. The summed E-state index contributed by atoms with van der Waals surface area (Å²) in [5, 5.41) is 2.10. The number of carbonyl (C=O) groups excluding carboxylic acids is 1. The van der Waals surface area contributed by atoms with Gasteiger partial charge in [0.2, 0.25) is 0 Å². The lowest BCUT2D eigenvalue weighted by Gasteiger charge is -2.37. The van der Waals surface area contributed by atoms with Crippen LogP contribution in [0, 0.1) is 0 Å². The molecular formula is C24H14O3. The summed E-state index contributed by atoms with van der Waals surface area (Å²) in [6.07, 6.45) is 0. The molecule has 0 bridgehead atoms. The minimum atomic E-state index is -1.00. The van der Waals surface area contributed by atoms with E-state index in [4.69, 9.17) is 9.47 Å². The number of para-hydroxylation sites is 1. The maximum absolute atomic E-state index is 12.8. The highest BCUT2D eigenvalue weighted by Crippen LogP contribution is 2.57. The standard InChI is InChI=1S/C24H14O3/c25-23-17-9-3-4-10-18(17)24(27-23)19-11-5-6-12-20(19)26-21-14-13-15-7-1-2-8-16(15)22(21)24/h1-14H. The van der Waals surface area contributed by atoms with Gasteiger partial charge in [0.1, 0.15) is 11.5 Å². The summed E-state index contributed by atoms with van der Waals surface area (Å²) in [5.41, 5.74) is 2.21. The summed E-state index contributed by atoms with van der Waals surface area (Å²) in [7, 11) is 0. The monoisotopic (exact) mass is 350 g/mol. The summed E-state index contributed by atoms with van der Waals surface area (Å²) < 4.78 is 12.4. The highest BCUT2D eigenvalue weighted by Gasteiger charge is 2.54. The first-order chi connectivity index (χ1) is 13.3. The Morgan fingerprint density at radius 3 is 2.33 bits per heavy atom. The fourth-order valence-corrected chi connectivity index (χ4v) is 4.40. The predicted molar refractivity (Wildman–Crippen MR) is 102 cm³/mol. The zero-order chi connectivity index (χ0) is 18.0. The Kier molecular flexibility index (Phi) is 2.69. The maximum Gasteiger partial charge on any atom is 0.340 e. The van der Waals surface area contributed by atoms with Gasteiger partial charge in [-0.15, -0.1) is 0 Å². The van der Waals surface area contributed by atoms with Gasteiger partial charge < -0.3 is 9.47 Å². The Morgan fingerprint density at radius 2 is 1.41 bits per heavy atom. The molecule has 1 spiro atoms. The van der Waals surface area contributed by atoms with Crippen LogP contribution in [0.4, 0.5) is 0 Å². The van der Waals surface area contributed by atoms with Gasteiger partial charge in [-0.1, -0.05) is 66.7 Å². The molecule has 1 atom stereocenters. The first kappa shape index (κ1) is 14.6. The van der Waals surface area contributed by atoms with E-state index >= 15 is 0 Å². The minimum Gasteiger partial charge on any atom is -0.456 e. The summed E-state index contributed by atoms with van der Waals surface area (Å²) in [5.74, 6) is 1.13. The number of hydrogen-bond acceptors (Lipinski definition) is 3. The second-order valence-corrected chi connectivity index (χ2v) is 6.87. The number of ether oxygens (including phenoxy) is 2. The Labute approximate surface area is 155 Å². The largest absolute Gasteiger partial charge is 0.456 e. The van der Waals surface area contributed by atoms with Crippen molar-refractivity contribution < 1.29 is 14.3 Å². The molecule has 0 fully saturated rings. The van der Waals surface area contributed by atoms with Crippen molar-refractivity contribution in [3.05, 3.63) is 107 Å². The van der Waals surface area contributed by atoms with Crippen LogP contribution in [-0.4, -0.2) is 5.97 Å². The summed E-state index contributed by atoms with van der Waals surface area (Å²) in [6, 6.07) is 27.5. The molecule has 4 aromatic rings. The van der Waals surface area contributed by atoms with Gasteiger partial charge in [-0.05, 0) is 29.0 Å². The third-order valence-corrected chi connectivity index (χ3v) is 5.50. The zero-order valence-corrected chi connectivity index (χ0v) is 14.3. The Hall–Kier alpha value is -3.59. The van der Waals surface area contributed by atoms with Crippen molar-refractivity contribution in [3.63, 3.8) is 0 Å². The molecule has 0 saturated carbocycles. The molecule has 0 saturated heterocycles. The van der Waals surface area contributed by atoms with Crippen LogP contribution in [0.25, 0.3) is 10.8 Å². The van der Waals surface area contributed by atoms with Gasteiger partial charge in [-0.2, -0.15) is 0 Å². The highest BCUT2D eigenvalue weighted by molar-refractivity contribution is 5.99. The molecule has 0 N–H and O–H groups in total. The van der Waals surface area contributed by atoms with Crippen molar-refractivity contribution in [1.82, 2.24) is 0 Å². The second-order valence-electron chi connectivity index (χ2n) is 6.87. The lowest BCUT2D eigenvalue weighted by molar-refractivity contribution is 0.0229. The number of carbonyl (C=O) groups is 1. The Bertz CT molecular complexity index is 1260. The molecule has 6 rings (SSSR count). The lowest BCUT2D eigenvalue weighted by Crippen LogP contribution is -2.33. The number of rotatable bonds is 0. The highest BCUT2D eigenvalue weighted by atomic mass is 16.6. The topological polar surface area (TPSA) is 35.5 Å². The van der Waals surface area contributed by atoms with Crippen molar-refractivity contribution in [2.24, 2.45) is 0 Å². The van der Waals surface area contributed by atoms with Gasteiger partial charge in [0.25, 0.3) is 0 Å². The number of hydrogen-bond donors (Lipinski definition) is 0. The van der Waals surface area contributed by atoms with Gasteiger partial charge in [0.05, 0.1) is 11.1 Å². The molecule has 0 radical (unpaired) electrons. The smallest absolute Gasteiger partial charge is 0.340 e. The number of fused-ring (bicyclic) bond motifs is 8. The maximum atomic E-state index is 12.8. The van der Waals surface area contributed by atoms with Crippen LogP contribution in [0.5, 0.6) is 11.5 Å². The molecule has 0 aliphatic carbocycles. The predicted octanol–water partition coefficient (Wildman–Crippen LogP) is 5.41. The molecule has 2 aliphatic heterocycles. The molecule has 3 heteroatoms. The van der Waals surface area contributed by atoms with Crippen LogP contribution < -0.4 is 4.74 Å². The molecule has 2 aliphatic rings. The van der Waals surface area contributed by atoms with E-state index in [1.165, 1.54) is 0 Å². The average molecular weight is 350 g/mol. The fourth-order valence-electron chi connectivity index (χ4n) is 4.40. The Morgan fingerprint density at radius 1 is 0.667 bits per heavy atom. The van der Waals surface area contributed by atoms with E-state index in [1.54, 1.807) is 0 Å². The van der Waals surface area contributed by atoms with E-state index in [2.05, 4.69) is 12.1 Å². The van der Waals surface area contributed by atoms with Crippen LogP contribution in [0.3, 0.4) is 0 Å². The normalized spacial score (nSPS) is 19.2. The summed E-state index contributed by atoms with van der Waals surface area (Å²) in [4.78, 5) is 12.8. The van der Waals surface area contributed by atoms with Crippen molar-refractivity contribution >= 4 is 16.7 Å². The molecule has 0 amide bonds. The van der Waals surface area contributed by atoms with E-state index in [-0.39, 0.29) is 5.97 Å². The molecule has 0 aromatic heterocycles. The van der Waals surface area contributed by atoms with Crippen LogP contribution in [0.15, 0.2) is 84.9 Å². The quantitative estimate of drug-likeness (QED) is 0.398. The van der Waals surface area contributed by atoms with Crippen LogP contribution in [-0.2, 0) is 10.3 Å². The first-order valence-corrected chi connectivity index (χ1v) is 8.91. The molecule has 128 valence electrons. The molecule has 2 heterocycles. The van der Waals surface area contributed by atoms with Crippen molar-refractivity contribution in [2.75, 3.05) is 0 Å². The number of benzene rings is 4. The Balaban J connectivity index is 1.83. The van der Waals surface area contributed by atoms with Crippen molar-refractivity contribution in [2.45, 2.75) is 5.60 Å². The molecule has 4 aromatic carbocycles. The van der Waals surface area contributed by atoms with Crippen molar-refractivity contribution in [3.8, 4) is 11.5 Å². The number of esters is 1. The van der Waals surface area contributed by atoms with E-state index < -0.39 is 5.60 Å². The zero-order valence-electron chi connectivity index (χ0n) is 14.3. The van der Waals surface area contributed by atoms with E-state index in [1.807, 2.05) is 72.8 Å². The molecule has 27 heavy (non-hydrogen) atoms.